The highest BCUT2D eigenvalue weighted by Gasteiger charge is 2.34. The first-order valence-corrected chi connectivity index (χ1v) is 16.9. The van der Waals surface area contributed by atoms with Crippen molar-refractivity contribution in [2.75, 3.05) is 13.2 Å². The van der Waals surface area contributed by atoms with E-state index >= 15 is 0 Å². The molecule has 0 radical (unpaired) electrons. The van der Waals surface area contributed by atoms with Crippen LogP contribution in [0.3, 0.4) is 0 Å². The molecule has 27 heavy (non-hydrogen) atoms. The molecule has 148 valence electrons. The normalized spacial score (nSPS) is 17.2. The number of fused-ring (bicyclic) bond motifs is 1. The molecule has 0 saturated heterocycles. The lowest BCUT2D eigenvalue weighted by molar-refractivity contribution is 0.145. The second-order valence-corrected chi connectivity index (χ2v) is 21.3. The largest absolute Gasteiger partial charge is 0.381 e. The van der Waals surface area contributed by atoms with E-state index in [-0.39, 0.29) is 11.0 Å². The van der Waals surface area contributed by atoms with Crippen LogP contribution in [0.1, 0.15) is 32.3 Å². The van der Waals surface area contributed by atoms with Gasteiger partial charge in [-0.2, -0.15) is 0 Å². The van der Waals surface area contributed by atoms with Gasteiger partial charge in [0.15, 0.2) is 0 Å². The van der Waals surface area contributed by atoms with E-state index in [0.29, 0.717) is 6.61 Å². The number of halogens is 1. The number of rotatable bonds is 5. The summed E-state index contributed by atoms with van der Waals surface area (Å²) in [5.74, 6) is 3.57. The second-order valence-electron chi connectivity index (χ2n) is 10.3. The molecule has 0 spiro atoms. The van der Waals surface area contributed by atoms with E-state index in [1.54, 1.807) is 0 Å². The van der Waals surface area contributed by atoms with Crippen LogP contribution >= 0.6 is 11.6 Å². The van der Waals surface area contributed by atoms with Crippen LogP contribution in [-0.2, 0) is 4.74 Å². The van der Waals surface area contributed by atoms with Crippen molar-refractivity contribution in [1.29, 1.82) is 0 Å². The summed E-state index contributed by atoms with van der Waals surface area (Å²) in [6, 6.07) is 7.13. The van der Waals surface area contributed by atoms with Gasteiger partial charge < -0.3 is 4.74 Å². The van der Waals surface area contributed by atoms with Gasteiger partial charge in [0, 0.05) is 19.7 Å². The van der Waals surface area contributed by atoms with Crippen LogP contribution in [0.4, 0.5) is 5.69 Å². The Morgan fingerprint density at radius 3 is 2.41 bits per heavy atom. The Morgan fingerprint density at radius 1 is 1.15 bits per heavy atom. The first-order chi connectivity index (χ1) is 12.3. The molecule has 1 aromatic rings. The van der Waals surface area contributed by atoms with Gasteiger partial charge in [-0.3, -0.25) is 0 Å². The first-order valence-electron chi connectivity index (χ1n) is 9.79. The number of aliphatic imine (C=N–C) groups is 1. The minimum atomic E-state index is -1.68. The molecule has 1 unspecified atom stereocenters. The van der Waals surface area contributed by atoms with Gasteiger partial charge in [-0.15, -0.1) is 5.54 Å². The minimum absolute atomic E-state index is 0.121. The van der Waals surface area contributed by atoms with Gasteiger partial charge in [0.05, 0.1) is 23.9 Å². The highest BCUT2D eigenvalue weighted by molar-refractivity contribution is 6.87. The Morgan fingerprint density at radius 2 is 1.81 bits per heavy atom. The van der Waals surface area contributed by atoms with E-state index in [0.717, 1.165) is 23.0 Å². The molecular weight excluding hydrogens is 386 g/mol. The molecule has 5 heteroatoms. The summed E-state index contributed by atoms with van der Waals surface area (Å²) in [7, 11) is -2.77. The number of nitrogens with zero attached hydrogens (tertiary/aromatic N) is 1. The lowest BCUT2D eigenvalue weighted by atomic mass is 9.97. The van der Waals surface area contributed by atoms with Crippen molar-refractivity contribution in [3.63, 3.8) is 0 Å². The summed E-state index contributed by atoms with van der Waals surface area (Å²) in [6.07, 6.45) is 0. The second kappa shape index (κ2) is 8.25. The molecule has 0 bridgehead atoms. The van der Waals surface area contributed by atoms with E-state index < -0.39 is 16.1 Å². The van der Waals surface area contributed by atoms with E-state index in [2.05, 4.69) is 71.0 Å². The molecule has 1 aromatic carbocycles. The zero-order valence-electron chi connectivity index (χ0n) is 18.2. The number of hydrogen-bond acceptors (Lipinski definition) is 2. The Kier molecular flexibility index (Phi) is 6.85. The van der Waals surface area contributed by atoms with Crippen LogP contribution in [0.5, 0.6) is 0 Å². The summed E-state index contributed by atoms with van der Waals surface area (Å²) >= 11 is 6.18. The summed E-state index contributed by atoms with van der Waals surface area (Å²) in [4.78, 5) is 4.82. The number of ether oxygens (including phenoxy) is 1. The molecule has 1 heterocycles. The van der Waals surface area contributed by atoms with E-state index in [1.807, 2.05) is 12.1 Å². The van der Waals surface area contributed by atoms with Crippen LogP contribution in [0.15, 0.2) is 23.2 Å². The van der Waals surface area contributed by atoms with Crippen molar-refractivity contribution in [3.05, 3.63) is 28.8 Å². The highest BCUT2D eigenvalue weighted by atomic mass is 35.5. The molecule has 0 aliphatic carbocycles. The molecule has 1 aliphatic heterocycles. The fraction of sp³-hybridized carbons (Fsp3) is 0.591. The van der Waals surface area contributed by atoms with Crippen molar-refractivity contribution in [1.82, 2.24) is 0 Å². The summed E-state index contributed by atoms with van der Waals surface area (Å²) in [6.45, 7) is 20.1. The fourth-order valence-corrected chi connectivity index (χ4v) is 4.27. The predicted molar refractivity (Wildman–Crippen MR) is 125 cm³/mol. The quantitative estimate of drug-likeness (QED) is 0.288. The highest BCUT2D eigenvalue weighted by Crippen LogP contribution is 2.38. The molecule has 1 aliphatic rings. The van der Waals surface area contributed by atoms with Crippen molar-refractivity contribution >= 4 is 39.1 Å². The monoisotopic (exact) mass is 419 g/mol. The number of benzene rings is 1. The maximum atomic E-state index is 6.18. The van der Waals surface area contributed by atoms with Crippen molar-refractivity contribution in [2.24, 2.45) is 4.99 Å². The smallest absolute Gasteiger partial charge is 0.138 e. The van der Waals surface area contributed by atoms with Crippen molar-refractivity contribution in [2.45, 2.75) is 70.5 Å². The third kappa shape index (κ3) is 6.05. The molecule has 0 saturated carbocycles. The molecule has 0 amide bonds. The molecular formula is C22H34ClNOSi2. The van der Waals surface area contributed by atoms with Gasteiger partial charge in [-0.1, -0.05) is 77.1 Å². The Bertz CT molecular complexity index is 776. The van der Waals surface area contributed by atoms with Gasteiger partial charge in [-0.25, -0.2) is 4.99 Å². The van der Waals surface area contributed by atoms with Gasteiger partial charge in [-0.05, 0) is 28.8 Å². The van der Waals surface area contributed by atoms with Gasteiger partial charge in [0.2, 0.25) is 0 Å². The van der Waals surface area contributed by atoms with E-state index in [4.69, 9.17) is 21.3 Å². The van der Waals surface area contributed by atoms with Crippen LogP contribution in [-0.4, -0.2) is 35.1 Å². The third-order valence-electron chi connectivity index (χ3n) is 5.60. The fourth-order valence-electron chi connectivity index (χ4n) is 2.53. The van der Waals surface area contributed by atoms with Gasteiger partial charge in [0.25, 0.3) is 0 Å². The molecule has 2 rings (SSSR count). The van der Waals surface area contributed by atoms with Gasteiger partial charge in [0.1, 0.15) is 8.07 Å². The summed E-state index contributed by atoms with van der Waals surface area (Å²) in [5.41, 5.74) is 6.68. The SMILES string of the molecule is CC(C)(C)[Si](C)(C)C#CC1=Nc2cc(Cl)ccc2C1COCC[Si](C)(C)C. The molecule has 0 N–H and O–H groups in total. The van der Waals surface area contributed by atoms with E-state index in [9.17, 15) is 0 Å². The maximum Gasteiger partial charge on any atom is 0.138 e. The Balaban J connectivity index is 2.23. The van der Waals surface area contributed by atoms with Crippen LogP contribution in [0.2, 0.25) is 48.8 Å². The maximum absolute atomic E-state index is 6.18. The van der Waals surface area contributed by atoms with Crippen molar-refractivity contribution in [3.8, 4) is 11.5 Å². The van der Waals surface area contributed by atoms with Crippen LogP contribution in [0, 0.1) is 11.5 Å². The van der Waals surface area contributed by atoms with Crippen LogP contribution in [0.25, 0.3) is 0 Å². The van der Waals surface area contributed by atoms with Gasteiger partial charge >= 0.3 is 0 Å². The average molecular weight is 420 g/mol. The predicted octanol–water partition coefficient (Wildman–Crippen LogP) is 6.92. The van der Waals surface area contributed by atoms with Crippen molar-refractivity contribution < 1.29 is 4.74 Å². The minimum Gasteiger partial charge on any atom is -0.381 e. The topological polar surface area (TPSA) is 21.6 Å². The molecule has 1 atom stereocenters. The van der Waals surface area contributed by atoms with E-state index in [1.165, 1.54) is 11.6 Å². The Hall–Kier alpha value is -0.866. The zero-order chi connectivity index (χ0) is 20.5. The summed E-state index contributed by atoms with van der Waals surface area (Å²) in [5, 5.41) is 0.952. The number of hydrogen-bond donors (Lipinski definition) is 0. The lowest BCUT2D eigenvalue weighted by Crippen LogP contribution is -2.36. The molecule has 2 nitrogen and oxygen atoms in total. The lowest BCUT2D eigenvalue weighted by Gasteiger charge is -2.31. The molecule has 0 aromatic heterocycles. The standard InChI is InChI=1S/C22H34ClNOSi2/c1-22(2,3)27(7,8)13-11-20-19(16-25-12-14-26(4,5)6)18-10-9-17(23)15-21(18)24-20/h9-10,15,19H,12,14,16H2,1-8H3. The average Bonchev–Trinajstić information content (AvgIpc) is 2.84. The molecule has 0 fully saturated rings. The Labute approximate surface area is 172 Å². The summed E-state index contributed by atoms with van der Waals surface area (Å²) < 4.78 is 6.07. The zero-order valence-corrected chi connectivity index (χ0v) is 20.9. The third-order valence-corrected chi connectivity index (χ3v) is 12.0. The van der Waals surface area contributed by atoms with Crippen LogP contribution < -0.4 is 0 Å². The first kappa shape index (κ1) is 22.4.